The van der Waals surface area contributed by atoms with E-state index in [1.165, 1.54) is 6.92 Å². The van der Waals surface area contributed by atoms with Gasteiger partial charge in [-0.25, -0.2) is 4.79 Å². The third kappa shape index (κ3) is 4.26. The minimum Gasteiger partial charge on any atom is -0.479 e. The van der Waals surface area contributed by atoms with Crippen molar-refractivity contribution in [2.45, 2.75) is 19.4 Å². The molecule has 0 amide bonds. The molecule has 0 fully saturated rings. The topological polar surface area (TPSA) is 46.5 Å². The van der Waals surface area contributed by atoms with E-state index in [0.29, 0.717) is 0 Å². The Bertz CT molecular complexity index is 105. The van der Waals surface area contributed by atoms with Crippen LogP contribution in [0, 0.1) is 0 Å². The average molecular weight is 150 g/mol. The molecule has 0 aliphatic carbocycles. The number of halogens is 1. The second kappa shape index (κ2) is 5.17. The molecule has 1 N–H and O–H groups in total. The molecule has 0 aromatic heterocycles. The highest BCUT2D eigenvalue weighted by atomic mass is 19.1. The predicted molar refractivity (Wildman–Crippen MR) is 33.6 cm³/mol. The van der Waals surface area contributed by atoms with Gasteiger partial charge in [0.15, 0.2) is 6.10 Å². The van der Waals surface area contributed by atoms with Crippen LogP contribution >= 0.6 is 0 Å². The molecule has 0 aromatic carbocycles. The van der Waals surface area contributed by atoms with E-state index in [2.05, 4.69) is 0 Å². The molecule has 0 rings (SSSR count). The van der Waals surface area contributed by atoms with Crippen molar-refractivity contribution in [3.63, 3.8) is 0 Å². The van der Waals surface area contributed by atoms with Crippen molar-refractivity contribution in [2.75, 3.05) is 13.3 Å². The zero-order chi connectivity index (χ0) is 7.98. The van der Waals surface area contributed by atoms with Gasteiger partial charge >= 0.3 is 5.97 Å². The Morgan fingerprint density at radius 3 is 2.80 bits per heavy atom. The molecule has 0 aromatic rings. The first-order valence-corrected chi connectivity index (χ1v) is 3.09. The molecule has 4 heteroatoms. The van der Waals surface area contributed by atoms with Crippen LogP contribution in [0.1, 0.15) is 13.3 Å². The van der Waals surface area contributed by atoms with E-state index in [-0.39, 0.29) is 13.0 Å². The highest BCUT2D eigenvalue weighted by molar-refractivity contribution is 5.71. The summed E-state index contributed by atoms with van der Waals surface area (Å²) in [6.07, 6.45) is -0.566. The van der Waals surface area contributed by atoms with Gasteiger partial charge in [-0.05, 0) is 13.3 Å². The third-order valence-electron chi connectivity index (χ3n) is 0.994. The van der Waals surface area contributed by atoms with Crippen molar-refractivity contribution in [3.8, 4) is 0 Å². The minimum absolute atomic E-state index is 0.171. The summed E-state index contributed by atoms with van der Waals surface area (Å²) in [7, 11) is 0. The SMILES string of the molecule is C[C@H](OCCCF)C(=O)O. The number of ether oxygens (including phenoxy) is 1. The number of hydrogen-bond acceptors (Lipinski definition) is 2. The summed E-state index contributed by atoms with van der Waals surface area (Å²) in [4.78, 5) is 10.1. The number of carboxylic acids is 1. The Kier molecular flexibility index (Phi) is 4.84. The highest BCUT2D eigenvalue weighted by Crippen LogP contribution is 1.92. The number of carbonyl (C=O) groups is 1. The largest absolute Gasteiger partial charge is 0.479 e. The van der Waals surface area contributed by atoms with Gasteiger partial charge in [-0.1, -0.05) is 0 Å². The fourth-order valence-corrected chi connectivity index (χ4v) is 0.386. The summed E-state index contributed by atoms with van der Waals surface area (Å²) in [5, 5.41) is 8.26. The summed E-state index contributed by atoms with van der Waals surface area (Å²) < 4.78 is 16.1. The predicted octanol–water partition coefficient (Wildman–Crippen LogP) is 0.836. The molecule has 10 heavy (non-hydrogen) atoms. The lowest BCUT2D eigenvalue weighted by Crippen LogP contribution is -2.20. The van der Waals surface area contributed by atoms with Gasteiger partial charge in [-0.15, -0.1) is 0 Å². The molecule has 0 saturated carbocycles. The zero-order valence-corrected chi connectivity index (χ0v) is 5.84. The van der Waals surface area contributed by atoms with Crippen molar-refractivity contribution >= 4 is 5.97 Å². The van der Waals surface area contributed by atoms with Crippen molar-refractivity contribution in [1.82, 2.24) is 0 Å². The highest BCUT2D eigenvalue weighted by Gasteiger charge is 2.09. The van der Waals surface area contributed by atoms with Gasteiger partial charge in [0.05, 0.1) is 13.3 Å². The van der Waals surface area contributed by atoms with Crippen LogP contribution in [0.2, 0.25) is 0 Å². The van der Waals surface area contributed by atoms with Crippen LogP contribution in [0.25, 0.3) is 0 Å². The van der Waals surface area contributed by atoms with Crippen molar-refractivity contribution in [3.05, 3.63) is 0 Å². The lowest BCUT2D eigenvalue weighted by atomic mass is 10.4. The van der Waals surface area contributed by atoms with Gasteiger partial charge in [0.2, 0.25) is 0 Å². The lowest BCUT2D eigenvalue weighted by Gasteiger charge is -2.05. The summed E-state index contributed by atoms with van der Waals surface area (Å²) in [6.45, 7) is 1.12. The standard InChI is InChI=1S/C6H11FO3/c1-5(6(8)9)10-4-2-3-7/h5H,2-4H2,1H3,(H,8,9)/t5-/m0/s1. The van der Waals surface area contributed by atoms with Crippen LogP contribution in [0.15, 0.2) is 0 Å². The number of rotatable bonds is 5. The van der Waals surface area contributed by atoms with Crippen LogP contribution in [-0.2, 0) is 9.53 Å². The van der Waals surface area contributed by atoms with Gasteiger partial charge in [0, 0.05) is 0 Å². The molecule has 0 radical (unpaired) electrons. The molecule has 1 atom stereocenters. The molecule has 0 spiro atoms. The average Bonchev–Trinajstić information content (AvgIpc) is 1.88. The summed E-state index contributed by atoms with van der Waals surface area (Å²) >= 11 is 0. The first-order valence-electron chi connectivity index (χ1n) is 3.09. The molecule has 0 aliphatic rings. The Hall–Kier alpha value is -0.640. The monoisotopic (exact) mass is 150 g/mol. The molecular formula is C6H11FO3. The fourth-order valence-electron chi connectivity index (χ4n) is 0.386. The molecule has 3 nitrogen and oxygen atoms in total. The Balaban J connectivity index is 3.21. The lowest BCUT2D eigenvalue weighted by molar-refractivity contribution is -0.149. The first kappa shape index (κ1) is 9.36. The third-order valence-corrected chi connectivity index (χ3v) is 0.994. The van der Waals surface area contributed by atoms with Gasteiger partial charge in [0.25, 0.3) is 0 Å². The van der Waals surface area contributed by atoms with Crippen LogP contribution in [0.4, 0.5) is 4.39 Å². The van der Waals surface area contributed by atoms with Crippen LogP contribution in [-0.4, -0.2) is 30.5 Å². The van der Waals surface area contributed by atoms with Crippen molar-refractivity contribution in [1.29, 1.82) is 0 Å². The minimum atomic E-state index is -1.01. The van der Waals surface area contributed by atoms with E-state index in [4.69, 9.17) is 9.84 Å². The van der Waals surface area contributed by atoms with E-state index in [9.17, 15) is 9.18 Å². The zero-order valence-electron chi connectivity index (χ0n) is 5.84. The first-order chi connectivity index (χ1) is 4.68. The van der Waals surface area contributed by atoms with E-state index in [1.807, 2.05) is 0 Å². The van der Waals surface area contributed by atoms with Crippen molar-refractivity contribution < 1.29 is 19.0 Å². The maximum Gasteiger partial charge on any atom is 0.332 e. The maximum absolute atomic E-state index is 11.4. The molecule has 0 heterocycles. The van der Waals surface area contributed by atoms with Crippen molar-refractivity contribution in [2.24, 2.45) is 0 Å². The number of aliphatic carboxylic acids is 1. The molecular weight excluding hydrogens is 139 g/mol. The quantitative estimate of drug-likeness (QED) is 0.590. The van der Waals surface area contributed by atoms with E-state index < -0.39 is 18.7 Å². The Morgan fingerprint density at radius 2 is 2.40 bits per heavy atom. The molecule has 0 unspecified atom stereocenters. The normalized spacial score (nSPS) is 13.0. The summed E-state index contributed by atoms with van der Waals surface area (Å²) in [5.41, 5.74) is 0. The molecule has 0 saturated heterocycles. The fraction of sp³-hybridized carbons (Fsp3) is 0.833. The summed E-state index contributed by atoms with van der Waals surface area (Å²) in [6, 6.07) is 0. The van der Waals surface area contributed by atoms with Crippen LogP contribution in [0.5, 0.6) is 0 Å². The molecule has 0 aliphatic heterocycles. The van der Waals surface area contributed by atoms with Crippen LogP contribution in [0.3, 0.4) is 0 Å². The van der Waals surface area contributed by atoms with Gasteiger partial charge in [-0.3, -0.25) is 4.39 Å². The van der Waals surface area contributed by atoms with Gasteiger partial charge in [0.1, 0.15) is 0 Å². The Labute approximate surface area is 58.8 Å². The van der Waals surface area contributed by atoms with Gasteiger partial charge in [-0.2, -0.15) is 0 Å². The number of alkyl halides is 1. The van der Waals surface area contributed by atoms with E-state index in [1.54, 1.807) is 0 Å². The maximum atomic E-state index is 11.4. The summed E-state index contributed by atoms with van der Waals surface area (Å²) in [5.74, 6) is -1.01. The number of carboxylic acid groups (broad SMARTS) is 1. The molecule has 0 bridgehead atoms. The smallest absolute Gasteiger partial charge is 0.332 e. The van der Waals surface area contributed by atoms with Gasteiger partial charge < -0.3 is 9.84 Å². The second-order valence-corrected chi connectivity index (χ2v) is 1.89. The van der Waals surface area contributed by atoms with E-state index in [0.717, 1.165) is 0 Å². The molecule has 60 valence electrons. The van der Waals surface area contributed by atoms with E-state index >= 15 is 0 Å². The second-order valence-electron chi connectivity index (χ2n) is 1.89. The Morgan fingerprint density at radius 1 is 1.80 bits per heavy atom. The van der Waals surface area contributed by atoms with Crippen LogP contribution < -0.4 is 0 Å². The number of hydrogen-bond donors (Lipinski definition) is 1.